The average molecular weight is 249 g/mol. The van der Waals surface area contributed by atoms with Crippen LogP contribution in [0.5, 0.6) is 0 Å². The Kier molecular flexibility index (Phi) is 4.15. The molecule has 1 heterocycles. The number of nitrogens with one attached hydrogen (secondary N) is 2. The van der Waals surface area contributed by atoms with Gasteiger partial charge in [-0.25, -0.2) is 0 Å². The minimum absolute atomic E-state index is 0.170. The second-order valence-electron chi connectivity index (χ2n) is 4.85. The molecule has 1 aliphatic rings. The van der Waals surface area contributed by atoms with Crippen molar-refractivity contribution in [3.05, 3.63) is 33.9 Å². The summed E-state index contributed by atoms with van der Waals surface area (Å²) < 4.78 is 0. The molecule has 0 atom stereocenters. The van der Waals surface area contributed by atoms with E-state index in [0.717, 1.165) is 38.0 Å². The summed E-state index contributed by atoms with van der Waals surface area (Å²) in [7, 11) is 0. The van der Waals surface area contributed by atoms with E-state index in [4.69, 9.17) is 0 Å². The van der Waals surface area contributed by atoms with Crippen LogP contribution in [0.15, 0.2) is 18.2 Å². The summed E-state index contributed by atoms with van der Waals surface area (Å²) in [6, 6.07) is 5.32. The van der Waals surface area contributed by atoms with E-state index in [1.165, 1.54) is 0 Å². The number of nitro benzene ring substituents is 1. The third kappa shape index (κ3) is 3.20. The highest BCUT2D eigenvalue weighted by Crippen LogP contribution is 2.26. The maximum Gasteiger partial charge on any atom is 0.292 e. The maximum absolute atomic E-state index is 11.0. The Hall–Kier alpha value is -1.62. The number of anilines is 1. The summed E-state index contributed by atoms with van der Waals surface area (Å²) in [5, 5.41) is 17.5. The highest BCUT2D eigenvalue weighted by Gasteiger charge is 2.16. The SMILES string of the molecule is Cc1ccc(NCC2CCNCC2)c([N+](=O)[O-])c1. The van der Waals surface area contributed by atoms with E-state index in [1.54, 1.807) is 12.1 Å². The summed E-state index contributed by atoms with van der Waals surface area (Å²) >= 11 is 0. The van der Waals surface area contributed by atoms with Crippen LogP contribution in [0.25, 0.3) is 0 Å². The van der Waals surface area contributed by atoms with Crippen LogP contribution in [-0.2, 0) is 0 Å². The molecule has 1 aliphatic heterocycles. The molecule has 18 heavy (non-hydrogen) atoms. The molecule has 0 spiro atoms. The van der Waals surface area contributed by atoms with Crippen molar-refractivity contribution < 1.29 is 4.92 Å². The van der Waals surface area contributed by atoms with Crippen LogP contribution in [-0.4, -0.2) is 24.6 Å². The highest BCUT2D eigenvalue weighted by atomic mass is 16.6. The van der Waals surface area contributed by atoms with Crippen molar-refractivity contribution in [3.8, 4) is 0 Å². The van der Waals surface area contributed by atoms with E-state index in [0.29, 0.717) is 11.6 Å². The number of aryl methyl sites for hydroxylation is 1. The molecule has 5 nitrogen and oxygen atoms in total. The lowest BCUT2D eigenvalue weighted by Gasteiger charge is -2.23. The Morgan fingerprint density at radius 2 is 2.17 bits per heavy atom. The van der Waals surface area contributed by atoms with Crippen molar-refractivity contribution in [2.45, 2.75) is 19.8 Å². The van der Waals surface area contributed by atoms with Gasteiger partial charge in [0.1, 0.15) is 5.69 Å². The number of nitrogens with zero attached hydrogens (tertiary/aromatic N) is 1. The van der Waals surface area contributed by atoms with E-state index in [9.17, 15) is 10.1 Å². The molecule has 1 aromatic rings. The molecule has 1 saturated heterocycles. The molecule has 2 rings (SSSR count). The monoisotopic (exact) mass is 249 g/mol. The third-order valence-corrected chi connectivity index (χ3v) is 3.39. The number of hydrogen-bond donors (Lipinski definition) is 2. The molecule has 98 valence electrons. The lowest BCUT2D eigenvalue weighted by atomic mass is 9.98. The summed E-state index contributed by atoms with van der Waals surface area (Å²) in [5.74, 6) is 0.604. The molecule has 0 bridgehead atoms. The minimum Gasteiger partial charge on any atom is -0.379 e. The molecule has 0 unspecified atom stereocenters. The molecule has 0 aromatic heterocycles. The Balaban J connectivity index is 2.01. The van der Waals surface area contributed by atoms with Crippen molar-refractivity contribution in [3.63, 3.8) is 0 Å². The second kappa shape index (κ2) is 5.82. The first-order valence-corrected chi connectivity index (χ1v) is 6.36. The number of benzene rings is 1. The normalized spacial score (nSPS) is 16.5. The number of piperidine rings is 1. The lowest BCUT2D eigenvalue weighted by Crippen LogP contribution is -2.31. The first-order chi connectivity index (χ1) is 8.66. The molecule has 1 fully saturated rings. The van der Waals surface area contributed by atoms with Gasteiger partial charge in [0, 0.05) is 12.6 Å². The fourth-order valence-corrected chi connectivity index (χ4v) is 2.28. The second-order valence-corrected chi connectivity index (χ2v) is 4.85. The summed E-state index contributed by atoms with van der Waals surface area (Å²) in [4.78, 5) is 10.7. The predicted octanol–water partition coefficient (Wildman–Crippen LogP) is 2.31. The van der Waals surface area contributed by atoms with Gasteiger partial charge in [0.05, 0.1) is 4.92 Å². The minimum atomic E-state index is -0.322. The van der Waals surface area contributed by atoms with Gasteiger partial charge in [-0.15, -0.1) is 0 Å². The van der Waals surface area contributed by atoms with Crippen LogP contribution in [0.3, 0.4) is 0 Å². The molecule has 5 heteroatoms. The summed E-state index contributed by atoms with van der Waals surface area (Å²) in [6.45, 7) is 4.76. The van der Waals surface area contributed by atoms with E-state index in [-0.39, 0.29) is 10.6 Å². The van der Waals surface area contributed by atoms with Crippen molar-refractivity contribution in [2.24, 2.45) is 5.92 Å². The van der Waals surface area contributed by atoms with Gasteiger partial charge >= 0.3 is 0 Å². The van der Waals surface area contributed by atoms with Crippen LogP contribution in [0.4, 0.5) is 11.4 Å². The summed E-state index contributed by atoms with van der Waals surface area (Å²) in [6.07, 6.45) is 2.26. The standard InChI is InChI=1S/C13H19N3O2/c1-10-2-3-12(13(8-10)16(17)18)15-9-11-4-6-14-7-5-11/h2-3,8,11,14-15H,4-7,9H2,1H3. The number of hydrogen-bond acceptors (Lipinski definition) is 4. The largest absolute Gasteiger partial charge is 0.379 e. The third-order valence-electron chi connectivity index (χ3n) is 3.39. The van der Waals surface area contributed by atoms with Gasteiger partial charge in [-0.2, -0.15) is 0 Å². The maximum atomic E-state index is 11.0. The Morgan fingerprint density at radius 1 is 1.44 bits per heavy atom. The Morgan fingerprint density at radius 3 is 2.83 bits per heavy atom. The van der Waals surface area contributed by atoms with Crippen LogP contribution < -0.4 is 10.6 Å². The predicted molar refractivity (Wildman–Crippen MR) is 71.9 cm³/mol. The van der Waals surface area contributed by atoms with Crippen molar-refractivity contribution in [1.82, 2.24) is 5.32 Å². The van der Waals surface area contributed by atoms with Gasteiger partial charge in [-0.05, 0) is 50.4 Å². The number of rotatable bonds is 4. The topological polar surface area (TPSA) is 67.2 Å². The Bertz CT molecular complexity index is 428. The van der Waals surface area contributed by atoms with Gasteiger partial charge in [-0.1, -0.05) is 6.07 Å². The van der Waals surface area contributed by atoms with E-state index < -0.39 is 0 Å². The van der Waals surface area contributed by atoms with Gasteiger partial charge in [0.25, 0.3) is 5.69 Å². The fraction of sp³-hybridized carbons (Fsp3) is 0.538. The molecule has 0 radical (unpaired) electrons. The molecule has 1 aromatic carbocycles. The van der Waals surface area contributed by atoms with Gasteiger partial charge in [-0.3, -0.25) is 10.1 Å². The number of nitro groups is 1. The van der Waals surface area contributed by atoms with Gasteiger partial charge < -0.3 is 10.6 Å². The van der Waals surface area contributed by atoms with Crippen molar-refractivity contribution >= 4 is 11.4 Å². The van der Waals surface area contributed by atoms with Crippen LogP contribution in [0.2, 0.25) is 0 Å². The molecule has 0 aliphatic carbocycles. The molecule has 0 saturated carbocycles. The molecular weight excluding hydrogens is 230 g/mol. The van der Waals surface area contributed by atoms with Gasteiger partial charge in [0.2, 0.25) is 0 Å². The molecular formula is C13H19N3O2. The quantitative estimate of drug-likeness (QED) is 0.634. The molecule has 2 N–H and O–H groups in total. The van der Waals surface area contributed by atoms with E-state index in [1.807, 2.05) is 13.0 Å². The van der Waals surface area contributed by atoms with Gasteiger partial charge in [0.15, 0.2) is 0 Å². The van der Waals surface area contributed by atoms with Crippen LogP contribution in [0.1, 0.15) is 18.4 Å². The highest BCUT2D eigenvalue weighted by molar-refractivity contribution is 5.62. The zero-order valence-corrected chi connectivity index (χ0v) is 10.6. The summed E-state index contributed by atoms with van der Waals surface area (Å²) in [5.41, 5.74) is 1.71. The van der Waals surface area contributed by atoms with Crippen molar-refractivity contribution in [2.75, 3.05) is 25.0 Å². The van der Waals surface area contributed by atoms with E-state index in [2.05, 4.69) is 10.6 Å². The van der Waals surface area contributed by atoms with E-state index >= 15 is 0 Å². The Labute approximate surface area is 107 Å². The van der Waals surface area contributed by atoms with Crippen LogP contribution >= 0.6 is 0 Å². The smallest absolute Gasteiger partial charge is 0.292 e. The average Bonchev–Trinajstić information content (AvgIpc) is 2.38. The molecule has 0 amide bonds. The lowest BCUT2D eigenvalue weighted by molar-refractivity contribution is -0.384. The zero-order chi connectivity index (χ0) is 13.0. The fourth-order valence-electron chi connectivity index (χ4n) is 2.28. The van der Waals surface area contributed by atoms with Crippen molar-refractivity contribution in [1.29, 1.82) is 0 Å². The zero-order valence-electron chi connectivity index (χ0n) is 10.6. The first-order valence-electron chi connectivity index (χ1n) is 6.36. The first kappa shape index (κ1) is 12.8. The van der Waals surface area contributed by atoms with Crippen LogP contribution in [0, 0.1) is 23.0 Å².